The minimum atomic E-state index is -0.636. The Bertz CT molecular complexity index is 1360. The van der Waals surface area contributed by atoms with Gasteiger partial charge in [0.15, 0.2) is 0 Å². The van der Waals surface area contributed by atoms with Crippen LogP contribution in [0.2, 0.25) is 0 Å². The summed E-state index contributed by atoms with van der Waals surface area (Å²) < 4.78 is 14.5. The van der Waals surface area contributed by atoms with Gasteiger partial charge in [-0.05, 0) is 18.4 Å². The minimum absolute atomic E-state index is 0.0490. The number of hydrogen-bond donors (Lipinski definition) is 1. The summed E-state index contributed by atoms with van der Waals surface area (Å²) in [4.78, 5) is 34.0. The molecule has 1 aliphatic rings. The standard InChI is InChI=1S/C20H22N6O5S/c1-24-16(27)15(17(28)25(2)20(24)29)12-9-13(26-18(21-12)22-19(23-26)32-5)11-7-6-10(30-3)8-14(11)31-4/h6-8,13,27H,9H2,1-5H3/t13-/m0/s1. The van der Waals surface area contributed by atoms with E-state index in [0.717, 1.165) is 14.7 Å². The smallest absolute Gasteiger partial charge is 0.333 e. The van der Waals surface area contributed by atoms with Crippen molar-refractivity contribution in [2.45, 2.75) is 17.6 Å². The molecular formula is C20H22N6O5S. The molecule has 0 amide bonds. The van der Waals surface area contributed by atoms with Crippen LogP contribution in [0, 0.1) is 0 Å². The molecule has 168 valence electrons. The highest BCUT2D eigenvalue weighted by Gasteiger charge is 2.32. The number of thioether (sulfide) groups is 1. The van der Waals surface area contributed by atoms with Crippen LogP contribution in [0.3, 0.4) is 0 Å². The number of aliphatic imine (C=N–C) groups is 1. The van der Waals surface area contributed by atoms with Gasteiger partial charge in [-0.15, -0.1) is 5.10 Å². The Labute approximate surface area is 187 Å². The van der Waals surface area contributed by atoms with E-state index in [0.29, 0.717) is 22.4 Å². The summed E-state index contributed by atoms with van der Waals surface area (Å²) in [5.74, 6) is 1.04. The Morgan fingerprint density at radius 3 is 2.56 bits per heavy atom. The quantitative estimate of drug-likeness (QED) is 0.566. The number of benzene rings is 1. The van der Waals surface area contributed by atoms with E-state index in [1.54, 1.807) is 31.0 Å². The lowest BCUT2D eigenvalue weighted by Crippen LogP contribution is -2.40. The van der Waals surface area contributed by atoms with E-state index in [1.807, 2.05) is 12.3 Å². The fourth-order valence-electron chi connectivity index (χ4n) is 3.68. The van der Waals surface area contributed by atoms with Gasteiger partial charge in [0.25, 0.3) is 5.56 Å². The molecule has 0 unspecified atom stereocenters. The van der Waals surface area contributed by atoms with E-state index in [-0.39, 0.29) is 17.9 Å². The predicted molar refractivity (Wildman–Crippen MR) is 119 cm³/mol. The van der Waals surface area contributed by atoms with Gasteiger partial charge in [-0.2, -0.15) is 4.98 Å². The lowest BCUT2D eigenvalue weighted by atomic mass is 9.96. The van der Waals surface area contributed by atoms with Gasteiger partial charge in [0.05, 0.1) is 26.0 Å². The second-order valence-corrected chi connectivity index (χ2v) is 7.91. The maximum absolute atomic E-state index is 12.9. The van der Waals surface area contributed by atoms with Crippen LogP contribution in [0.15, 0.2) is 37.9 Å². The zero-order valence-corrected chi connectivity index (χ0v) is 19.0. The summed E-state index contributed by atoms with van der Waals surface area (Å²) >= 11 is 1.36. The maximum Gasteiger partial charge on any atom is 0.333 e. The highest BCUT2D eigenvalue weighted by atomic mass is 32.2. The Kier molecular flexibility index (Phi) is 5.55. The van der Waals surface area contributed by atoms with Gasteiger partial charge in [-0.1, -0.05) is 11.8 Å². The zero-order chi connectivity index (χ0) is 23.2. The first-order chi connectivity index (χ1) is 15.3. The molecule has 0 radical (unpaired) electrons. The Hall–Kier alpha value is -3.54. The lowest BCUT2D eigenvalue weighted by Gasteiger charge is -2.25. The van der Waals surface area contributed by atoms with Crippen molar-refractivity contribution in [2.75, 3.05) is 20.5 Å². The summed E-state index contributed by atoms with van der Waals surface area (Å²) in [6.07, 6.45) is 2.07. The summed E-state index contributed by atoms with van der Waals surface area (Å²) in [5.41, 5.74) is -0.237. The number of rotatable bonds is 5. The summed E-state index contributed by atoms with van der Waals surface area (Å²) in [7, 11) is 5.87. The fraction of sp³-hybridized carbons (Fsp3) is 0.350. The molecule has 0 fully saturated rings. The normalized spacial score (nSPS) is 15.3. The number of hydrogen-bond acceptors (Lipinski definition) is 9. The molecule has 1 aliphatic heterocycles. The van der Waals surface area contributed by atoms with Crippen LogP contribution in [0.25, 0.3) is 0 Å². The fourth-order valence-corrected chi connectivity index (χ4v) is 4.03. The van der Waals surface area contributed by atoms with Crippen LogP contribution < -0.4 is 20.7 Å². The Balaban J connectivity index is 1.95. The van der Waals surface area contributed by atoms with E-state index in [4.69, 9.17) is 9.47 Å². The molecule has 1 atom stereocenters. The number of aromatic nitrogens is 5. The molecule has 1 N–H and O–H groups in total. The van der Waals surface area contributed by atoms with Gasteiger partial charge in [0.1, 0.15) is 17.1 Å². The van der Waals surface area contributed by atoms with Gasteiger partial charge >= 0.3 is 5.69 Å². The highest BCUT2D eigenvalue weighted by Crippen LogP contribution is 2.39. The van der Waals surface area contributed by atoms with Crippen molar-refractivity contribution in [1.82, 2.24) is 23.9 Å². The number of methoxy groups -OCH3 is 2. The van der Waals surface area contributed by atoms with Crippen molar-refractivity contribution < 1.29 is 14.6 Å². The topological polar surface area (TPSA) is 126 Å². The summed E-state index contributed by atoms with van der Waals surface area (Å²) in [5, 5.41) is 15.7. The molecule has 32 heavy (non-hydrogen) atoms. The molecule has 0 bridgehead atoms. The van der Waals surface area contributed by atoms with Gasteiger partial charge < -0.3 is 14.6 Å². The van der Waals surface area contributed by atoms with Gasteiger partial charge in [0.2, 0.25) is 17.0 Å². The molecule has 3 heterocycles. The van der Waals surface area contributed by atoms with Crippen LogP contribution in [-0.4, -0.2) is 55.2 Å². The second-order valence-electron chi connectivity index (χ2n) is 7.13. The average molecular weight is 459 g/mol. The maximum atomic E-state index is 12.9. The van der Waals surface area contributed by atoms with E-state index < -0.39 is 23.2 Å². The molecule has 0 aliphatic carbocycles. The van der Waals surface area contributed by atoms with Gasteiger partial charge in [-0.25, -0.2) is 14.5 Å². The van der Waals surface area contributed by atoms with Gasteiger partial charge in [0, 0.05) is 32.1 Å². The molecule has 3 aromatic rings. The molecule has 4 rings (SSSR count). The second kappa shape index (κ2) is 8.19. The van der Waals surface area contributed by atoms with Crippen LogP contribution in [-0.2, 0) is 14.1 Å². The summed E-state index contributed by atoms with van der Waals surface area (Å²) in [6, 6.07) is 5.00. The average Bonchev–Trinajstić information content (AvgIpc) is 3.24. The van der Waals surface area contributed by atoms with Crippen molar-refractivity contribution in [3.8, 4) is 17.4 Å². The lowest BCUT2D eigenvalue weighted by molar-refractivity contribution is 0.383. The first-order valence-corrected chi connectivity index (χ1v) is 10.8. The first-order valence-electron chi connectivity index (χ1n) is 9.60. The SMILES string of the molecule is COc1ccc([C@@H]2CC(c3c(O)n(C)c(=O)n(C)c3=O)=Nc3nc(SC)nn32)c(OC)c1. The largest absolute Gasteiger partial charge is 0.497 e. The summed E-state index contributed by atoms with van der Waals surface area (Å²) in [6.45, 7) is 0. The third-order valence-electron chi connectivity index (χ3n) is 5.42. The van der Waals surface area contributed by atoms with Crippen LogP contribution >= 0.6 is 11.8 Å². The first kappa shape index (κ1) is 21.7. The van der Waals surface area contributed by atoms with E-state index in [9.17, 15) is 14.7 Å². The van der Waals surface area contributed by atoms with E-state index in [2.05, 4.69) is 15.1 Å². The van der Waals surface area contributed by atoms with Crippen molar-refractivity contribution in [2.24, 2.45) is 19.1 Å². The number of ether oxygens (including phenoxy) is 2. The molecule has 1 aromatic carbocycles. The Morgan fingerprint density at radius 2 is 1.91 bits per heavy atom. The van der Waals surface area contributed by atoms with Crippen LogP contribution in [0.1, 0.15) is 23.6 Å². The van der Waals surface area contributed by atoms with E-state index >= 15 is 0 Å². The number of nitrogens with zero attached hydrogens (tertiary/aromatic N) is 6. The van der Waals surface area contributed by atoms with Crippen LogP contribution in [0.5, 0.6) is 17.4 Å². The molecular weight excluding hydrogens is 436 g/mol. The zero-order valence-electron chi connectivity index (χ0n) is 18.2. The third kappa shape index (κ3) is 3.36. The predicted octanol–water partition coefficient (Wildman–Crippen LogP) is 1.23. The monoisotopic (exact) mass is 458 g/mol. The molecule has 12 heteroatoms. The van der Waals surface area contributed by atoms with Crippen molar-refractivity contribution in [1.29, 1.82) is 0 Å². The van der Waals surface area contributed by atoms with Crippen molar-refractivity contribution >= 4 is 23.4 Å². The molecule has 2 aromatic heterocycles. The van der Waals surface area contributed by atoms with Crippen molar-refractivity contribution in [3.63, 3.8) is 0 Å². The van der Waals surface area contributed by atoms with Crippen LogP contribution in [0.4, 0.5) is 5.95 Å². The molecule has 0 spiro atoms. The number of aromatic hydroxyl groups is 1. The third-order valence-corrected chi connectivity index (χ3v) is 5.95. The minimum Gasteiger partial charge on any atom is -0.497 e. The molecule has 0 saturated carbocycles. The highest BCUT2D eigenvalue weighted by molar-refractivity contribution is 7.98. The molecule has 11 nitrogen and oxygen atoms in total. The van der Waals surface area contributed by atoms with Gasteiger partial charge in [-0.3, -0.25) is 13.9 Å². The van der Waals surface area contributed by atoms with E-state index in [1.165, 1.54) is 25.9 Å². The molecule has 0 saturated heterocycles. The number of fused-ring (bicyclic) bond motifs is 1. The Morgan fingerprint density at radius 1 is 1.16 bits per heavy atom. The van der Waals surface area contributed by atoms with Crippen molar-refractivity contribution in [3.05, 3.63) is 50.2 Å².